The lowest BCUT2D eigenvalue weighted by Gasteiger charge is -2.23. The predicted molar refractivity (Wildman–Crippen MR) is 90.5 cm³/mol. The second-order valence-corrected chi connectivity index (χ2v) is 6.17. The van der Waals surface area contributed by atoms with E-state index < -0.39 is 0 Å². The number of nitrogens with one attached hydrogen (secondary N) is 2. The van der Waals surface area contributed by atoms with E-state index in [4.69, 9.17) is 4.74 Å². The van der Waals surface area contributed by atoms with Crippen LogP contribution in [0.15, 0.2) is 42.9 Å². The van der Waals surface area contributed by atoms with Crippen LogP contribution in [0.4, 0.5) is 0 Å². The van der Waals surface area contributed by atoms with Gasteiger partial charge in [0.05, 0.1) is 18.6 Å². The third kappa shape index (κ3) is 2.59. The molecule has 1 unspecified atom stereocenters. The van der Waals surface area contributed by atoms with Gasteiger partial charge in [0.2, 0.25) is 5.91 Å². The Morgan fingerprint density at radius 2 is 2.25 bits per heavy atom. The van der Waals surface area contributed by atoms with E-state index in [1.54, 1.807) is 19.5 Å². The molecule has 124 valence electrons. The molecule has 0 saturated carbocycles. The molecule has 3 aromatic rings. The quantitative estimate of drug-likeness (QED) is 0.774. The molecule has 2 aromatic heterocycles. The van der Waals surface area contributed by atoms with E-state index in [1.165, 1.54) is 0 Å². The molecule has 1 aliphatic rings. The smallest absolute Gasteiger partial charge is 0.227 e. The molecule has 6 nitrogen and oxygen atoms in total. The maximum atomic E-state index is 12.9. The van der Waals surface area contributed by atoms with Crippen LogP contribution >= 0.6 is 0 Å². The van der Waals surface area contributed by atoms with E-state index in [-0.39, 0.29) is 18.1 Å². The maximum absolute atomic E-state index is 12.9. The molecule has 1 fully saturated rings. The van der Waals surface area contributed by atoms with Crippen LogP contribution in [0.25, 0.3) is 10.9 Å². The van der Waals surface area contributed by atoms with Crippen LogP contribution in [0, 0.1) is 0 Å². The van der Waals surface area contributed by atoms with Crippen molar-refractivity contribution in [3.8, 4) is 0 Å². The van der Waals surface area contributed by atoms with Crippen LogP contribution < -0.4 is 0 Å². The van der Waals surface area contributed by atoms with Gasteiger partial charge in [-0.1, -0.05) is 18.2 Å². The number of benzene rings is 1. The highest BCUT2D eigenvalue weighted by atomic mass is 16.5. The molecule has 0 bridgehead atoms. The standard InChI is InChI=1S/C18H20N4O2/c1-24-13-9-16(18-19-6-7-20-18)22(11-13)17(23)8-12-10-21-15-5-3-2-4-14(12)15/h2-7,10,13,16,21H,8-9,11H2,1H3,(H,19,20)/t13-,16?/m1/s1. The molecule has 1 saturated heterocycles. The number of hydrogen-bond acceptors (Lipinski definition) is 3. The Morgan fingerprint density at radius 3 is 3.04 bits per heavy atom. The van der Waals surface area contributed by atoms with Gasteiger partial charge in [-0.05, 0) is 11.6 Å². The molecule has 24 heavy (non-hydrogen) atoms. The van der Waals surface area contributed by atoms with Gasteiger partial charge in [-0.25, -0.2) is 4.98 Å². The number of ether oxygens (including phenoxy) is 1. The minimum atomic E-state index is -0.0531. The molecular weight excluding hydrogens is 304 g/mol. The number of fused-ring (bicyclic) bond motifs is 1. The lowest BCUT2D eigenvalue weighted by molar-refractivity contribution is -0.131. The minimum Gasteiger partial charge on any atom is -0.380 e. The first-order valence-electron chi connectivity index (χ1n) is 8.13. The van der Waals surface area contributed by atoms with Gasteiger partial charge in [-0.2, -0.15) is 0 Å². The van der Waals surface area contributed by atoms with Gasteiger partial charge in [0.15, 0.2) is 0 Å². The molecule has 1 amide bonds. The number of imidazole rings is 1. The van der Waals surface area contributed by atoms with E-state index >= 15 is 0 Å². The van der Waals surface area contributed by atoms with Crippen molar-refractivity contribution in [2.24, 2.45) is 0 Å². The first-order chi connectivity index (χ1) is 11.8. The molecule has 1 aromatic carbocycles. The zero-order chi connectivity index (χ0) is 16.5. The zero-order valence-corrected chi connectivity index (χ0v) is 13.5. The summed E-state index contributed by atoms with van der Waals surface area (Å²) in [5.41, 5.74) is 2.08. The minimum absolute atomic E-state index is 0.0482. The van der Waals surface area contributed by atoms with Crippen LogP contribution in [0.3, 0.4) is 0 Å². The molecule has 0 radical (unpaired) electrons. The summed E-state index contributed by atoms with van der Waals surface area (Å²) in [6, 6.07) is 7.99. The van der Waals surface area contributed by atoms with Crippen molar-refractivity contribution in [2.45, 2.75) is 25.0 Å². The number of hydrogen-bond donors (Lipinski definition) is 2. The lowest BCUT2D eigenvalue weighted by Crippen LogP contribution is -2.33. The Kier molecular flexibility index (Phi) is 3.82. The molecule has 6 heteroatoms. The maximum Gasteiger partial charge on any atom is 0.227 e. The molecule has 4 rings (SSSR count). The fourth-order valence-electron chi connectivity index (χ4n) is 3.51. The normalized spacial score (nSPS) is 20.8. The number of H-pyrrole nitrogens is 2. The number of aromatic amines is 2. The van der Waals surface area contributed by atoms with Gasteiger partial charge in [0.25, 0.3) is 0 Å². The monoisotopic (exact) mass is 324 g/mol. The fourth-order valence-corrected chi connectivity index (χ4v) is 3.51. The summed E-state index contributed by atoms with van der Waals surface area (Å²) in [5.74, 6) is 0.919. The summed E-state index contributed by atoms with van der Waals surface area (Å²) in [5, 5.41) is 1.10. The van der Waals surface area contributed by atoms with Crippen LogP contribution in [0.1, 0.15) is 23.9 Å². The number of para-hydroxylation sites is 1. The summed E-state index contributed by atoms with van der Waals surface area (Å²) in [6.07, 6.45) is 6.62. The van der Waals surface area contributed by atoms with Crippen molar-refractivity contribution in [2.75, 3.05) is 13.7 Å². The van der Waals surface area contributed by atoms with Crippen LogP contribution in [-0.4, -0.2) is 45.5 Å². The first-order valence-corrected chi connectivity index (χ1v) is 8.13. The molecule has 1 aliphatic heterocycles. The molecule has 3 heterocycles. The third-order valence-electron chi connectivity index (χ3n) is 4.77. The Labute approximate surface area is 139 Å². The molecule has 2 N–H and O–H groups in total. The number of carbonyl (C=O) groups is 1. The van der Waals surface area contributed by atoms with Gasteiger partial charge in [0, 0.05) is 49.6 Å². The highest BCUT2D eigenvalue weighted by molar-refractivity contribution is 5.89. The van der Waals surface area contributed by atoms with Crippen molar-refractivity contribution < 1.29 is 9.53 Å². The van der Waals surface area contributed by atoms with Crippen molar-refractivity contribution in [1.29, 1.82) is 0 Å². The van der Waals surface area contributed by atoms with Gasteiger partial charge in [-0.15, -0.1) is 0 Å². The van der Waals surface area contributed by atoms with Gasteiger partial charge in [-0.3, -0.25) is 4.79 Å². The molecule has 0 aliphatic carbocycles. The topological polar surface area (TPSA) is 74.0 Å². The zero-order valence-electron chi connectivity index (χ0n) is 13.5. The first kappa shape index (κ1) is 15.0. The van der Waals surface area contributed by atoms with E-state index in [0.29, 0.717) is 13.0 Å². The van der Waals surface area contributed by atoms with Crippen LogP contribution in [0.5, 0.6) is 0 Å². The molecule has 0 spiro atoms. The second-order valence-electron chi connectivity index (χ2n) is 6.17. The number of aromatic nitrogens is 3. The number of nitrogens with zero attached hydrogens (tertiary/aromatic N) is 2. The van der Waals surface area contributed by atoms with E-state index in [1.807, 2.05) is 35.4 Å². The van der Waals surface area contributed by atoms with Crippen molar-refractivity contribution >= 4 is 16.8 Å². The summed E-state index contributed by atoms with van der Waals surface area (Å²) in [7, 11) is 1.69. The number of likely N-dealkylation sites (tertiary alicyclic amines) is 1. The van der Waals surface area contributed by atoms with Crippen molar-refractivity contribution in [1.82, 2.24) is 19.9 Å². The van der Waals surface area contributed by atoms with Gasteiger partial charge >= 0.3 is 0 Å². The fraction of sp³-hybridized carbons (Fsp3) is 0.333. The van der Waals surface area contributed by atoms with E-state index in [9.17, 15) is 4.79 Å². The van der Waals surface area contributed by atoms with E-state index in [2.05, 4.69) is 15.0 Å². The average molecular weight is 324 g/mol. The van der Waals surface area contributed by atoms with Crippen LogP contribution in [-0.2, 0) is 16.0 Å². The summed E-state index contributed by atoms with van der Waals surface area (Å²) >= 11 is 0. The van der Waals surface area contributed by atoms with Crippen LogP contribution in [0.2, 0.25) is 0 Å². The average Bonchev–Trinajstić information content (AvgIpc) is 3.34. The lowest BCUT2D eigenvalue weighted by atomic mass is 10.1. The second kappa shape index (κ2) is 6.13. The highest BCUT2D eigenvalue weighted by Crippen LogP contribution is 2.32. The third-order valence-corrected chi connectivity index (χ3v) is 4.77. The Morgan fingerprint density at radius 1 is 1.38 bits per heavy atom. The molecule has 2 atom stereocenters. The Bertz CT molecular complexity index is 840. The number of amides is 1. The SMILES string of the molecule is CO[C@@H]1CC(c2ncc[nH]2)N(C(=O)Cc2c[nH]c3ccccc23)C1. The Hall–Kier alpha value is -2.60. The largest absolute Gasteiger partial charge is 0.380 e. The van der Waals surface area contributed by atoms with E-state index in [0.717, 1.165) is 28.7 Å². The summed E-state index contributed by atoms with van der Waals surface area (Å²) < 4.78 is 5.48. The highest BCUT2D eigenvalue weighted by Gasteiger charge is 2.37. The predicted octanol–water partition coefficient (Wildman–Crippen LogP) is 2.42. The molecular formula is C18H20N4O2. The number of rotatable bonds is 4. The van der Waals surface area contributed by atoms with Gasteiger partial charge < -0.3 is 19.6 Å². The van der Waals surface area contributed by atoms with Gasteiger partial charge in [0.1, 0.15) is 5.82 Å². The van der Waals surface area contributed by atoms with Crippen molar-refractivity contribution in [3.05, 3.63) is 54.2 Å². The Balaban J connectivity index is 1.58. The van der Waals surface area contributed by atoms with Crippen molar-refractivity contribution in [3.63, 3.8) is 0 Å². The summed E-state index contributed by atoms with van der Waals surface area (Å²) in [4.78, 5) is 25.5. The number of carbonyl (C=O) groups excluding carboxylic acids is 1. The number of methoxy groups -OCH3 is 1. The summed E-state index contributed by atoms with van der Waals surface area (Å²) in [6.45, 7) is 0.600.